The van der Waals surface area contributed by atoms with Crippen molar-refractivity contribution in [1.29, 1.82) is 0 Å². The van der Waals surface area contributed by atoms with Crippen LogP contribution in [-0.2, 0) is 4.57 Å². The van der Waals surface area contributed by atoms with E-state index in [2.05, 4.69) is 0 Å². The van der Waals surface area contributed by atoms with Crippen molar-refractivity contribution in [3.8, 4) is 0 Å². The van der Waals surface area contributed by atoms with Crippen molar-refractivity contribution in [2.75, 3.05) is 0 Å². The van der Waals surface area contributed by atoms with Crippen molar-refractivity contribution in [3.05, 3.63) is 0 Å². The molecule has 0 bridgehead atoms. The Morgan fingerprint density at radius 2 is 0.900 bits per heavy atom. The molecule has 0 aromatic rings. The Bertz CT molecular complexity index is 61.9. The van der Waals surface area contributed by atoms with E-state index in [1.165, 1.54) is 0 Å². The first-order valence-corrected chi connectivity index (χ1v) is 2.35. The Hall–Kier alpha value is 3.55. The normalized spacial score (nSPS) is 5.90. The zero-order valence-corrected chi connectivity index (χ0v) is 4.09. The van der Waals surface area contributed by atoms with Crippen molar-refractivity contribution < 1.29 is 30.2 Å². The standard InChI is InChI=1S/2Ca.Na.H3O4P.2H2O.5H/c;;;1-5(2,3)4;;;;;;;/h;;;(H3,1,2,3,4);2*1H2;;;;;. The van der Waals surface area contributed by atoms with Gasteiger partial charge in [-0.1, -0.05) is 0 Å². The molecule has 0 aliphatic rings. The average Bonchev–Trinajstić information content (AvgIpc) is 0.722. The summed E-state index contributed by atoms with van der Waals surface area (Å²) in [6.45, 7) is 0. The molecule has 0 aliphatic carbocycles. The molecule has 7 N–H and O–H groups in total. The Labute approximate surface area is 140 Å². The van der Waals surface area contributed by atoms with Gasteiger partial charge in [0.25, 0.3) is 0 Å². The van der Waals surface area contributed by atoms with E-state index in [0.29, 0.717) is 0 Å². The van der Waals surface area contributed by atoms with Crippen molar-refractivity contribution >= 4 is 113 Å². The molecule has 6 nitrogen and oxygen atoms in total. The molecule has 58 valence electrons. The molecule has 0 unspecified atom stereocenters. The van der Waals surface area contributed by atoms with Gasteiger partial charge in [0.05, 0.1) is 0 Å². The fourth-order valence-corrected chi connectivity index (χ4v) is 0. The molecule has 0 aromatic carbocycles. The molecule has 0 aromatic heterocycles. The third kappa shape index (κ3) is 102. The first-order chi connectivity index (χ1) is 2.00. The molecule has 0 aliphatic heterocycles. The Balaban J connectivity index is -0.00000000800. The summed E-state index contributed by atoms with van der Waals surface area (Å²) in [5.41, 5.74) is 0. The first kappa shape index (κ1) is 37.4. The second-order valence-electron chi connectivity index (χ2n) is 0.513. The summed E-state index contributed by atoms with van der Waals surface area (Å²) in [5, 5.41) is 0. The molecule has 0 radical (unpaired) electrons. The summed E-state index contributed by atoms with van der Waals surface area (Å²) in [5.74, 6) is 0. The zero-order valence-electron chi connectivity index (χ0n) is 3.20. The van der Waals surface area contributed by atoms with Crippen LogP contribution in [0.3, 0.4) is 0 Å². The van der Waals surface area contributed by atoms with Gasteiger partial charge in [-0.2, -0.15) is 0 Å². The molecule has 0 heterocycles. The summed E-state index contributed by atoms with van der Waals surface area (Å²) < 4.78 is 8.88. The van der Waals surface area contributed by atoms with Gasteiger partial charge in [-0.05, 0) is 0 Å². The Morgan fingerprint density at radius 1 is 0.900 bits per heavy atom. The maximum absolute atomic E-state index is 8.88. The van der Waals surface area contributed by atoms with E-state index in [1.54, 1.807) is 0 Å². The van der Waals surface area contributed by atoms with E-state index in [9.17, 15) is 0 Å². The summed E-state index contributed by atoms with van der Waals surface area (Å²) in [7, 11) is -4.64. The average molecular weight is 242 g/mol. The molecule has 0 spiro atoms. The van der Waals surface area contributed by atoms with Crippen LogP contribution in [-0.4, -0.2) is 131 Å². The third-order valence-corrected chi connectivity index (χ3v) is 0. The van der Waals surface area contributed by atoms with Gasteiger partial charge in [0, 0.05) is 0 Å². The minimum atomic E-state index is -4.64. The molecule has 0 saturated heterocycles. The molecule has 0 rings (SSSR count). The molecular formula is H12Ca2NaO6P. The van der Waals surface area contributed by atoms with E-state index in [0.717, 1.165) is 0 Å². The van der Waals surface area contributed by atoms with Crippen molar-refractivity contribution in [2.24, 2.45) is 0 Å². The van der Waals surface area contributed by atoms with Crippen LogP contribution in [0, 0.1) is 0 Å². The van der Waals surface area contributed by atoms with E-state index in [4.69, 9.17) is 19.2 Å². The van der Waals surface area contributed by atoms with Crippen molar-refractivity contribution in [1.82, 2.24) is 0 Å². The maximum atomic E-state index is 8.88. The van der Waals surface area contributed by atoms with Gasteiger partial charge in [-0.15, -0.1) is 0 Å². The first-order valence-electron chi connectivity index (χ1n) is 0.783. The Morgan fingerprint density at radius 3 is 0.900 bits per heavy atom. The van der Waals surface area contributed by atoms with Crippen LogP contribution in [0.5, 0.6) is 0 Å². The van der Waals surface area contributed by atoms with Crippen LogP contribution in [0.4, 0.5) is 0 Å². The van der Waals surface area contributed by atoms with Crippen LogP contribution in [0.25, 0.3) is 0 Å². The second kappa shape index (κ2) is 18.4. The summed E-state index contributed by atoms with van der Waals surface area (Å²) >= 11 is 0. The minimum absolute atomic E-state index is 0. The van der Waals surface area contributed by atoms with E-state index < -0.39 is 7.82 Å². The molecule has 10 heteroatoms. The van der Waals surface area contributed by atoms with Crippen LogP contribution in [0.15, 0.2) is 0 Å². The zero-order chi connectivity index (χ0) is 4.50. The molecule has 0 atom stereocenters. The molecule has 0 amide bonds. The fourth-order valence-electron chi connectivity index (χ4n) is 0. The van der Waals surface area contributed by atoms with Gasteiger partial charge in [0.15, 0.2) is 0 Å². The number of hydrogen-bond acceptors (Lipinski definition) is 1. The van der Waals surface area contributed by atoms with Crippen molar-refractivity contribution in [2.45, 2.75) is 0 Å². The fraction of sp³-hybridized carbons (Fsp3) is 0. The van der Waals surface area contributed by atoms with Gasteiger partial charge in [-0.25, -0.2) is 4.57 Å². The SMILES string of the molecule is O.O.O=P(O)(O)O.[CaH2].[CaH2].[NaH]. The second-order valence-corrected chi connectivity index (χ2v) is 1.54. The van der Waals surface area contributed by atoms with Crippen molar-refractivity contribution in [3.63, 3.8) is 0 Å². The van der Waals surface area contributed by atoms with Gasteiger partial charge >= 0.3 is 113 Å². The van der Waals surface area contributed by atoms with Crippen LogP contribution in [0.1, 0.15) is 0 Å². The molecule has 0 fully saturated rings. The predicted molar refractivity (Wildman–Crippen MR) is 45.7 cm³/mol. The summed E-state index contributed by atoms with van der Waals surface area (Å²) in [4.78, 5) is 21.6. The van der Waals surface area contributed by atoms with E-state index in [1.807, 2.05) is 0 Å². The van der Waals surface area contributed by atoms with Crippen LogP contribution < -0.4 is 0 Å². The van der Waals surface area contributed by atoms with E-state index in [-0.39, 0.29) is 116 Å². The molecule has 10 heavy (non-hydrogen) atoms. The van der Waals surface area contributed by atoms with Gasteiger partial charge in [0.2, 0.25) is 0 Å². The monoisotopic (exact) mass is 242 g/mol. The van der Waals surface area contributed by atoms with E-state index >= 15 is 0 Å². The van der Waals surface area contributed by atoms with Gasteiger partial charge in [-0.3, -0.25) is 0 Å². The third-order valence-electron chi connectivity index (χ3n) is 0. The quantitative estimate of drug-likeness (QED) is 0.288. The van der Waals surface area contributed by atoms with Gasteiger partial charge < -0.3 is 25.6 Å². The molecular weight excluding hydrogens is 230 g/mol. The summed E-state index contributed by atoms with van der Waals surface area (Å²) in [6.07, 6.45) is 0. The number of hydrogen-bond donors (Lipinski definition) is 3. The predicted octanol–water partition coefficient (Wildman–Crippen LogP) is -5.06. The molecule has 0 saturated carbocycles. The topological polar surface area (TPSA) is 141 Å². The van der Waals surface area contributed by atoms with Crippen LogP contribution in [0.2, 0.25) is 0 Å². The number of rotatable bonds is 0. The van der Waals surface area contributed by atoms with Gasteiger partial charge in [0.1, 0.15) is 0 Å². The Kier molecular flexibility index (Phi) is 68.7. The summed E-state index contributed by atoms with van der Waals surface area (Å²) in [6, 6.07) is 0. The number of phosphoric acid groups is 1. The van der Waals surface area contributed by atoms with Crippen LogP contribution >= 0.6 is 7.82 Å².